The Kier molecular flexibility index (Phi) is 4.12. The van der Waals surface area contributed by atoms with Gasteiger partial charge in [0.1, 0.15) is 5.25 Å². The van der Waals surface area contributed by atoms with E-state index in [0.29, 0.717) is 19.3 Å². The molecule has 0 heterocycles. The highest BCUT2D eigenvalue weighted by Crippen LogP contribution is 2.34. The van der Waals surface area contributed by atoms with Crippen LogP contribution in [-0.4, -0.2) is 19.5 Å². The third-order valence-electron chi connectivity index (χ3n) is 4.25. The molecule has 4 heteroatoms. The number of carbonyl (C=O) groups excluding carboxylic acids is 1. The minimum Gasteiger partial charge on any atom is -0.298 e. The van der Waals surface area contributed by atoms with E-state index < -0.39 is 15.1 Å². The molecule has 2 aromatic carbocycles. The van der Waals surface area contributed by atoms with Gasteiger partial charge in [-0.1, -0.05) is 48.5 Å². The smallest absolute Gasteiger partial charge is 0.188 e. The Balaban J connectivity index is 1.91. The van der Waals surface area contributed by atoms with E-state index in [9.17, 15) is 13.2 Å². The van der Waals surface area contributed by atoms with Crippen molar-refractivity contribution in [3.63, 3.8) is 0 Å². The molecule has 0 aromatic heterocycles. The van der Waals surface area contributed by atoms with Crippen molar-refractivity contribution in [1.29, 1.82) is 0 Å². The zero-order valence-electron chi connectivity index (χ0n) is 12.2. The van der Waals surface area contributed by atoms with Crippen LogP contribution in [-0.2, 0) is 21.1 Å². The minimum absolute atomic E-state index is 0.139. The van der Waals surface area contributed by atoms with Gasteiger partial charge in [0.15, 0.2) is 15.6 Å². The van der Waals surface area contributed by atoms with Crippen LogP contribution in [0.2, 0.25) is 0 Å². The molecule has 0 aliphatic heterocycles. The fraction of sp³-hybridized carbons (Fsp3) is 0.278. The summed E-state index contributed by atoms with van der Waals surface area (Å²) >= 11 is 0. The fourth-order valence-corrected chi connectivity index (χ4v) is 5.23. The standard InChI is InChI=1S/C18H18O3S/c19-17-12-11-15(13-14-7-3-1-4-8-14)18(17)22(20,21)16-9-5-2-6-10-16/h1-10,15,18H,11-13H2/t15-,18-/m0/s1. The van der Waals surface area contributed by atoms with Gasteiger partial charge in [0.2, 0.25) is 0 Å². The summed E-state index contributed by atoms with van der Waals surface area (Å²) in [6.45, 7) is 0. The van der Waals surface area contributed by atoms with Gasteiger partial charge in [-0.25, -0.2) is 8.42 Å². The Morgan fingerprint density at radius 1 is 0.909 bits per heavy atom. The molecule has 0 radical (unpaired) electrons. The van der Waals surface area contributed by atoms with Crippen LogP contribution in [0.3, 0.4) is 0 Å². The molecule has 3 rings (SSSR count). The normalized spacial score (nSPS) is 21.9. The first-order valence-electron chi connectivity index (χ1n) is 7.44. The van der Waals surface area contributed by atoms with Crippen molar-refractivity contribution >= 4 is 15.6 Å². The molecule has 22 heavy (non-hydrogen) atoms. The molecule has 2 aromatic rings. The molecule has 114 valence electrons. The van der Waals surface area contributed by atoms with Crippen LogP contribution < -0.4 is 0 Å². The van der Waals surface area contributed by atoms with Crippen LogP contribution in [0.15, 0.2) is 65.6 Å². The molecular formula is C18H18O3S. The number of Topliss-reactive ketones (excluding diaryl/α,β-unsaturated/α-hetero) is 1. The van der Waals surface area contributed by atoms with E-state index in [-0.39, 0.29) is 16.6 Å². The maximum Gasteiger partial charge on any atom is 0.188 e. The highest BCUT2D eigenvalue weighted by molar-refractivity contribution is 7.92. The van der Waals surface area contributed by atoms with Crippen LogP contribution in [0, 0.1) is 5.92 Å². The first-order valence-corrected chi connectivity index (χ1v) is 8.99. The summed E-state index contributed by atoms with van der Waals surface area (Å²) in [6, 6.07) is 18.1. The Morgan fingerprint density at radius 3 is 2.14 bits per heavy atom. The van der Waals surface area contributed by atoms with Gasteiger partial charge in [0.05, 0.1) is 4.90 Å². The van der Waals surface area contributed by atoms with Crippen molar-refractivity contribution in [3.8, 4) is 0 Å². The number of carbonyl (C=O) groups is 1. The predicted molar refractivity (Wildman–Crippen MR) is 85.3 cm³/mol. The third kappa shape index (κ3) is 2.83. The van der Waals surface area contributed by atoms with Crippen molar-refractivity contribution in [2.75, 3.05) is 0 Å². The van der Waals surface area contributed by atoms with Crippen LogP contribution in [0.5, 0.6) is 0 Å². The van der Waals surface area contributed by atoms with E-state index in [4.69, 9.17) is 0 Å². The molecule has 2 atom stereocenters. The fourth-order valence-electron chi connectivity index (χ4n) is 3.19. The Hall–Kier alpha value is -1.94. The molecule has 1 aliphatic carbocycles. The molecule has 0 bridgehead atoms. The van der Waals surface area contributed by atoms with Gasteiger partial charge in [-0.3, -0.25) is 4.79 Å². The lowest BCUT2D eigenvalue weighted by Gasteiger charge is -2.19. The largest absolute Gasteiger partial charge is 0.298 e. The van der Waals surface area contributed by atoms with Crippen molar-refractivity contribution in [1.82, 2.24) is 0 Å². The Morgan fingerprint density at radius 2 is 1.50 bits per heavy atom. The second-order valence-corrected chi connectivity index (χ2v) is 7.80. The van der Waals surface area contributed by atoms with Crippen molar-refractivity contribution in [2.24, 2.45) is 5.92 Å². The summed E-state index contributed by atoms with van der Waals surface area (Å²) in [5.41, 5.74) is 1.08. The highest BCUT2D eigenvalue weighted by Gasteiger charge is 2.44. The zero-order valence-corrected chi connectivity index (χ0v) is 13.0. The molecule has 0 amide bonds. The molecule has 0 saturated heterocycles. The number of hydrogen-bond acceptors (Lipinski definition) is 3. The minimum atomic E-state index is -3.61. The monoisotopic (exact) mass is 314 g/mol. The number of sulfone groups is 1. The summed E-state index contributed by atoms with van der Waals surface area (Å²) in [5, 5.41) is -0.907. The van der Waals surface area contributed by atoms with E-state index in [1.54, 1.807) is 30.3 Å². The van der Waals surface area contributed by atoms with Crippen molar-refractivity contribution < 1.29 is 13.2 Å². The molecule has 1 aliphatic rings. The van der Waals surface area contributed by atoms with E-state index in [1.807, 2.05) is 30.3 Å². The Labute approximate surface area is 130 Å². The summed E-state index contributed by atoms with van der Waals surface area (Å²) in [4.78, 5) is 12.5. The number of hydrogen-bond donors (Lipinski definition) is 0. The van der Waals surface area contributed by atoms with Crippen LogP contribution in [0.4, 0.5) is 0 Å². The highest BCUT2D eigenvalue weighted by atomic mass is 32.2. The predicted octanol–water partition coefficient (Wildman–Crippen LogP) is 3.05. The van der Waals surface area contributed by atoms with Gasteiger partial charge in [-0.15, -0.1) is 0 Å². The van der Waals surface area contributed by atoms with Crippen LogP contribution >= 0.6 is 0 Å². The average molecular weight is 314 g/mol. The van der Waals surface area contributed by atoms with Gasteiger partial charge in [-0.05, 0) is 36.5 Å². The number of rotatable bonds is 4. The second-order valence-electron chi connectivity index (χ2n) is 5.73. The summed E-state index contributed by atoms with van der Waals surface area (Å²) in [5.74, 6) is -0.287. The van der Waals surface area contributed by atoms with Gasteiger partial charge < -0.3 is 0 Å². The second kappa shape index (κ2) is 6.05. The maximum absolute atomic E-state index is 12.8. The zero-order chi connectivity index (χ0) is 15.6. The first kappa shape index (κ1) is 15.0. The Bertz CT molecular complexity index is 751. The van der Waals surface area contributed by atoms with E-state index in [1.165, 1.54) is 0 Å². The lowest BCUT2D eigenvalue weighted by molar-refractivity contribution is -0.117. The molecule has 0 unspecified atom stereocenters. The molecule has 0 N–H and O–H groups in total. The van der Waals surface area contributed by atoms with Gasteiger partial charge in [0.25, 0.3) is 0 Å². The van der Waals surface area contributed by atoms with Crippen molar-refractivity contribution in [2.45, 2.75) is 29.4 Å². The molecule has 0 spiro atoms. The first-order chi connectivity index (χ1) is 10.6. The number of benzene rings is 2. The molecule has 3 nitrogen and oxygen atoms in total. The molecular weight excluding hydrogens is 296 g/mol. The lowest BCUT2D eigenvalue weighted by atomic mass is 9.98. The molecule has 1 fully saturated rings. The lowest BCUT2D eigenvalue weighted by Crippen LogP contribution is -2.32. The third-order valence-corrected chi connectivity index (χ3v) is 6.50. The quantitative estimate of drug-likeness (QED) is 0.871. The van der Waals surface area contributed by atoms with Crippen LogP contribution in [0.1, 0.15) is 18.4 Å². The van der Waals surface area contributed by atoms with E-state index >= 15 is 0 Å². The average Bonchev–Trinajstić information content (AvgIpc) is 2.90. The van der Waals surface area contributed by atoms with E-state index in [2.05, 4.69) is 0 Å². The summed E-state index contributed by atoms with van der Waals surface area (Å²) in [7, 11) is -3.61. The van der Waals surface area contributed by atoms with E-state index in [0.717, 1.165) is 5.56 Å². The molecule has 1 saturated carbocycles. The van der Waals surface area contributed by atoms with Gasteiger partial charge >= 0.3 is 0 Å². The van der Waals surface area contributed by atoms with Gasteiger partial charge in [-0.2, -0.15) is 0 Å². The van der Waals surface area contributed by atoms with Crippen LogP contribution in [0.25, 0.3) is 0 Å². The number of ketones is 1. The van der Waals surface area contributed by atoms with Crippen molar-refractivity contribution in [3.05, 3.63) is 66.2 Å². The summed E-state index contributed by atoms with van der Waals surface area (Å²) < 4.78 is 25.6. The summed E-state index contributed by atoms with van der Waals surface area (Å²) in [6.07, 6.45) is 1.63. The maximum atomic E-state index is 12.8. The SMILES string of the molecule is O=C1CC[C@@H](Cc2ccccc2)[C@@H]1S(=O)(=O)c1ccccc1. The van der Waals surface area contributed by atoms with Gasteiger partial charge in [0, 0.05) is 6.42 Å². The topological polar surface area (TPSA) is 51.2 Å².